The van der Waals surface area contributed by atoms with Gasteiger partial charge in [-0.15, -0.1) is 0 Å². The van der Waals surface area contributed by atoms with Crippen molar-refractivity contribution in [3.05, 3.63) is 29.3 Å². The molecule has 8 heteroatoms. The van der Waals surface area contributed by atoms with Crippen LogP contribution in [0.2, 0.25) is 0 Å². The molecule has 0 aromatic heterocycles. The lowest BCUT2D eigenvalue weighted by Crippen LogP contribution is -2.45. The monoisotopic (exact) mass is 368 g/mol. The van der Waals surface area contributed by atoms with E-state index in [4.69, 9.17) is 0 Å². The predicted molar refractivity (Wildman–Crippen MR) is 94.8 cm³/mol. The van der Waals surface area contributed by atoms with E-state index in [0.717, 1.165) is 23.3 Å². The van der Waals surface area contributed by atoms with Gasteiger partial charge in [0.15, 0.2) is 0 Å². The molecule has 0 bridgehead atoms. The molecule has 1 aliphatic heterocycles. The summed E-state index contributed by atoms with van der Waals surface area (Å²) in [7, 11) is 0. The first-order valence-corrected chi connectivity index (χ1v) is 9.09. The zero-order chi connectivity index (χ0) is 19.2. The number of carbonyl (C=O) groups excluding carboxylic acids is 4. The van der Waals surface area contributed by atoms with Crippen LogP contribution in [-0.4, -0.2) is 41.4 Å². The Labute approximate surface area is 156 Å². The van der Waals surface area contributed by atoms with Crippen molar-refractivity contribution in [2.45, 2.75) is 44.2 Å². The molecule has 0 unspecified atom stereocenters. The molecule has 4 amide bonds. The van der Waals surface area contributed by atoms with Crippen LogP contribution < -0.4 is 10.6 Å². The fraction of sp³-hybridized carbons (Fsp3) is 0.474. The number of carbonyl (C=O) groups is 3. The first-order valence-electron chi connectivity index (χ1n) is 9.09. The van der Waals surface area contributed by atoms with Crippen molar-refractivity contribution in [1.82, 2.24) is 15.5 Å². The standard InChI is InChI=1S/C19H20N4O4/c1-11(12-2-3-12)21-16(25)9-23-17(26)19(22-18(23)27)7-6-13-8-14(20-10-24)4-5-15(13)19/h4-5,8,11-12H,2-3,6-7,9H2,1H3,(H,21,25)(H,22,27)/t11-,19-/m0/s1. The minimum Gasteiger partial charge on any atom is -0.352 e. The number of nitrogens with one attached hydrogen (secondary N) is 2. The molecule has 1 heterocycles. The summed E-state index contributed by atoms with van der Waals surface area (Å²) >= 11 is 0. The third-order valence-corrected chi connectivity index (χ3v) is 5.69. The largest absolute Gasteiger partial charge is 0.352 e. The number of isocyanates is 1. The highest BCUT2D eigenvalue weighted by atomic mass is 16.2. The van der Waals surface area contributed by atoms with Gasteiger partial charge < -0.3 is 10.6 Å². The third kappa shape index (κ3) is 2.92. The van der Waals surface area contributed by atoms with Gasteiger partial charge in [-0.25, -0.2) is 9.59 Å². The van der Waals surface area contributed by atoms with E-state index >= 15 is 0 Å². The van der Waals surface area contributed by atoms with Gasteiger partial charge >= 0.3 is 6.03 Å². The lowest BCUT2D eigenvalue weighted by Gasteiger charge is -2.22. The first-order chi connectivity index (χ1) is 12.9. The summed E-state index contributed by atoms with van der Waals surface area (Å²) < 4.78 is 0. The number of imide groups is 1. The number of hydrogen-bond donors (Lipinski definition) is 2. The topological polar surface area (TPSA) is 108 Å². The van der Waals surface area contributed by atoms with Crippen molar-refractivity contribution in [2.75, 3.05) is 6.54 Å². The molecule has 2 N–H and O–H groups in total. The van der Waals surface area contributed by atoms with Crippen molar-refractivity contribution < 1.29 is 19.2 Å². The average molecular weight is 368 g/mol. The molecule has 2 aliphatic carbocycles. The van der Waals surface area contributed by atoms with Crippen LogP contribution in [0.4, 0.5) is 10.5 Å². The number of rotatable bonds is 5. The number of aryl methyl sites for hydroxylation is 1. The van der Waals surface area contributed by atoms with Gasteiger partial charge in [0.1, 0.15) is 12.1 Å². The van der Waals surface area contributed by atoms with Crippen LogP contribution in [0, 0.1) is 5.92 Å². The van der Waals surface area contributed by atoms with Gasteiger partial charge in [0.05, 0.1) is 5.69 Å². The Morgan fingerprint density at radius 2 is 2.22 bits per heavy atom. The van der Waals surface area contributed by atoms with Gasteiger partial charge in [0.2, 0.25) is 12.0 Å². The van der Waals surface area contributed by atoms with E-state index in [9.17, 15) is 19.2 Å². The molecular formula is C19H20N4O4. The molecule has 2 atom stereocenters. The smallest absolute Gasteiger partial charge is 0.325 e. The molecule has 1 spiro atoms. The van der Waals surface area contributed by atoms with Crippen LogP contribution >= 0.6 is 0 Å². The van der Waals surface area contributed by atoms with Crippen LogP contribution in [0.5, 0.6) is 0 Å². The molecule has 1 aromatic rings. The van der Waals surface area contributed by atoms with E-state index in [1.54, 1.807) is 18.2 Å². The highest BCUT2D eigenvalue weighted by molar-refractivity contribution is 6.10. The Hall–Kier alpha value is -2.99. The minimum absolute atomic E-state index is 0.0521. The summed E-state index contributed by atoms with van der Waals surface area (Å²) in [6.07, 6.45) is 4.68. The van der Waals surface area contributed by atoms with Crippen molar-refractivity contribution in [3.63, 3.8) is 0 Å². The van der Waals surface area contributed by atoms with Gasteiger partial charge in [-0.3, -0.25) is 14.5 Å². The quantitative estimate of drug-likeness (QED) is 0.463. The molecule has 140 valence electrons. The molecule has 4 rings (SSSR count). The molecule has 2 fully saturated rings. The fourth-order valence-electron chi connectivity index (χ4n) is 4.06. The van der Waals surface area contributed by atoms with Crippen LogP contribution in [0.3, 0.4) is 0 Å². The normalized spacial score (nSPS) is 24.4. The van der Waals surface area contributed by atoms with E-state index in [-0.39, 0.29) is 18.5 Å². The third-order valence-electron chi connectivity index (χ3n) is 5.69. The summed E-state index contributed by atoms with van der Waals surface area (Å²) in [5.41, 5.74) is 0.870. The molecule has 1 saturated carbocycles. The van der Waals surface area contributed by atoms with Crippen molar-refractivity contribution in [1.29, 1.82) is 0 Å². The number of amides is 4. The molecule has 0 radical (unpaired) electrons. The SMILES string of the molecule is C[C@H](NC(=O)CN1C(=O)N[C@]2(CCc3cc(N=C=O)ccc32)C1=O)C1CC1. The van der Waals surface area contributed by atoms with Crippen molar-refractivity contribution in [3.8, 4) is 0 Å². The van der Waals surface area contributed by atoms with E-state index in [0.29, 0.717) is 30.0 Å². The summed E-state index contributed by atoms with van der Waals surface area (Å²) in [5, 5.41) is 5.65. The minimum atomic E-state index is -1.14. The maximum Gasteiger partial charge on any atom is 0.325 e. The summed E-state index contributed by atoms with van der Waals surface area (Å²) in [6, 6.07) is 4.53. The molecule has 8 nitrogen and oxygen atoms in total. The van der Waals surface area contributed by atoms with E-state index < -0.39 is 17.5 Å². The lowest BCUT2D eigenvalue weighted by molar-refractivity contribution is -0.135. The Morgan fingerprint density at radius 1 is 1.44 bits per heavy atom. The fourth-order valence-corrected chi connectivity index (χ4v) is 4.06. The number of fused-ring (bicyclic) bond motifs is 2. The average Bonchev–Trinajstić information content (AvgIpc) is 3.39. The second kappa shape index (κ2) is 6.32. The number of hydrogen-bond acceptors (Lipinski definition) is 5. The number of benzene rings is 1. The number of urea groups is 1. The van der Waals surface area contributed by atoms with Crippen LogP contribution in [0.25, 0.3) is 0 Å². The Kier molecular flexibility index (Phi) is 4.08. The highest BCUT2D eigenvalue weighted by Crippen LogP contribution is 2.42. The van der Waals surface area contributed by atoms with Gasteiger partial charge in [-0.1, -0.05) is 6.07 Å². The van der Waals surface area contributed by atoms with Gasteiger partial charge in [0.25, 0.3) is 5.91 Å². The second-order valence-corrected chi connectivity index (χ2v) is 7.46. The van der Waals surface area contributed by atoms with Crippen LogP contribution in [0.15, 0.2) is 23.2 Å². The van der Waals surface area contributed by atoms with Gasteiger partial charge in [0, 0.05) is 6.04 Å². The summed E-state index contributed by atoms with van der Waals surface area (Å²) in [4.78, 5) is 52.8. The zero-order valence-electron chi connectivity index (χ0n) is 14.9. The Balaban J connectivity index is 1.53. The predicted octanol–water partition coefficient (Wildman–Crippen LogP) is 1.26. The molecule has 1 saturated heterocycles. The molecule has 27 heavy (non-hydrogen) atoms. The van der Waals surface area contributed by atoms with Crippen molar-refractivity contribution >= 4 is 29.6 Å². The Bertz CT molecular complexity index is 888. The van der Waals surface area contributed by atoms with Crippen molar-refractivity contribution in [2.24, 2.45) is 10.9 Å². The van der Waals surface area contributed by atoms with Crippen LogP contribution in [0.1, 0.15) is 37.3 Å². The van der Waals surface area contributed by atoms with Gasteiger partial charge in [-0.2, -0.15) is 4.99 Å². The number of nitrogens with zero attached hydrogens (tertiary/aromatic N) is 2. The molecular weight excluding hydrogens is 348 g/mol. The van der Waals surface area contributed by atoms with Crippen LogP contribution in [-0.2, 0) is 26.3 Å². The maximum absolute atomic E-state index is 13.1. The van der Waals surface area contributed by atoms with E-state index in [2.05, 4.69) is 15.6 Å². The highest BCUT2D eigenvalue weighted by Gasteiger charge is 2.55. The second-order valence-electron chi connectivity index (χ2n) is 7.46. The van der Waals surface area contributed by atoms with Gasteiger partial charge in [-0.05, 0) is 61.8 Å². The number of aliphatic imine (C=N–C) groups is 1. The summed E-state index contributed by atoms with van der Waals surface area (Å²) in [5.74, 6) is -0.246. The summed E-state index contributed by atoms with van der Waals surface area (Å²) in [6.45, 7) is 1.65. The maximum atomic E-state index is 13.1. The Morgan fingerprint density at radius 3 is 2.93 bits per heavy atom. The van der Waals surface area contributed by atoms with E-state index in [1.807, 2.05) is 6.92 Å². The first kappa shape index (κ1) is 17.4. The molecule has 1 aromatic carbocycles. The lowest BCUT2D eigenvalue weighted by atomic mass is 9.91. The van der Waals surface area contributed by atoms with E-state index in [1.165, 1.54) is 6.08 Å². The zero-order valence-corrected chi connectivity index (χ0v) is 14.9. The molecule has 3 aliphatic rings.